The van der Waals surface area contributed by atoms with Crippen LogP contribution in [0.2, 0.25) is 5.02 Å². The molecule has 0 saturated heterocycles. The van der Waals surface area contributed by atoms with Crippen LogP contribution >= 0.6 is 11.6 Å². The molecule has 0 aliphatic rings. The molecule has 2 N–H and O–H groups in total. The lowest BCUT2D eigenvalue weighted by molar-refractivity contribution is 0.403. The summed E-state index contributed by atoms with van der Waals surface area (Å²) >= 11 is 5.71. The molecule has 72 valence electrons. The molecule has 4 nitrogen and oxygen atoms in total. The summed E-state index contributed by atoms with van der Waals surface area (Å²) in [6, 6.07) is 3.74. The highest BCUT2D eigenvalue weighted by atomic mass is 35.5. The molecule has 2 rings (SSSR count). The molecular weight excluding hydrogens is 208 g/mol. The molecule has 1 heterocycles. The van der Waals surface area contributed by atoms with E-state index < -0.39 is 17.1 Å². The summed E-state index contributed by atoms with van der Waals surface area (Å²) in [7, 11) is 0. The van der Waals surface area contributed by atoms with Crippen molar-refractivity contribution in [2.45, 2.75) is 0 Å². The van der Waals surface area contributed by atoms with E-state index in [0.29, 0.717) is 5.39 Å². The van der Waals surface area contributed by atoms with E-state index >= 15 is 0 Å². The van der Waals surface area contributed by atoms with Gasteiger partial charge in [0.1, 0.15) is 5.58 Å². The van der Waals surface area contributed by atoms with Crippen molar-refractivity contribution in [2.75, 3.05) is 0 Å². The quantitative estimate of drug-likeness (QED) is 0.517. The van der Waals surface area contributed by atoms with Crippen LogP contribution < -0.4 is 5.63 Å². The fourth-order valence-electron chi connectivity index (χ4n) is 1.15. The van der Waals surface area contributed by atoms with Crippen molar-refractivity contribution >= 4 is 22.6 Å². The predicted molar refractivity (Wildman–Crippen MR) is 50.8 cm³/mol. The number of benzene rings is 1. The second-order valence-electron chi connectivity index (χ2n) is 2.72. The molecule has 1 aromatic carbocycles. The minimum atomic E-state index is -0.543. The fourth-order valence-corrected chi connectivity index (χ4v) is 1.40. The first-order chi connectivity index (χ1) is 6.59. The Labute approximate surface area is 83.0 Å². The summed E-state index contributed by atoms with van der Waals surface area (Å²) in [6.45, 7) is 0. The van der Waals surface area contributed by atoms with Crippen LogP contribution in [-0.4, -0.2) is 10.2 Å². The second-order valence-corrected chi connectivity index (χ2v) is 3.10. The lowest BCUT2D eigenvalue weighted by Crippen LogP contribution is -1.94. The Morgan fingerprint density at radius 2 is 2.00 bits per heavy atom. The molecule has 2 aromatic rings. The van der Waals surface area contributed by atoms with E-state index in [9.17, 15) is 15.0 Å². The molecule has 5 heteroatoms. The van der Waals surface area contributed by atoms with Crippen molar-refractivity contribution in [1.29, 1.82) is 0 Å². The van der Waals surface area contributed by atoms with Gasteiger partial charge in [0.05, 0.1) is 5.02 Å². The molecule has 0 unspecified atom stereocenters. The van der Waals surface area contributed by atoms with Gasteiger partial charge in [0.15, 0.2) is 11.5 Å². The van der Waals surface area contributed by atoms with Crippen LogP contribution in [0.5, 0.6) is 11.5 Å². The van der Waals surface area contributed by atoms with Gasteiger partial charge < -0.3 is 14.6 Å². The van der Waals surface area contributed by atoms with Crippen molar-refractivity contribution < 1.29 is 14.6 Å². The molecular formula is C9H5ClO4. The minimum absolute atomic E-state index is 0.0382. The number of fused-ring (bicyclic) bond motifs is 1. The Morgan fingerprint density at radius 1 is 1.29 bits per heavy atom. The average molecular weight is 213 g/mol. The molecule has 0 radical (unpaired) electrons. The van der Waals surface area contributed by atoms with Gasteiger partial charge in [-0.15, -0.1) is 0 Å². The summed E-state index contributed by atoms with van der Waals surface area (Å²) in [5.74, 6) is -0.843. The smallest absolute Gasteiger partial charge is 0.336 e. The molecule has 0 aliphatic carbocycles. The van der Waals surface area contributed by atoms with Crippen molar-refractivity contribution in [3.63, 3.8) is 0 Å². The zero-order valence-corrected chi connectivity index (χ0v) is 7.58. The van der Waals surface area contributed by atoms with Crippen molar-refractivity contribution in [1.82, 2.24) is 0 Å². The Balaban J connectivity index is 2.98. The monoisotopic (exact) mass is 212 g/mol. The summed E-state index contributed by atoms with van der Waals surface area (Å²) in [6.07, 6.45) is 0. The fraction of sp³-hybridized carbons (Fsp3) is 0. The number of hydrogen-bond acceptors (Lipinski definition) is 4. The standard InChI is InChI=1S/C9H5ClO4/c10-8-4-1-2-7(12)14-6(4)3-5(11)9(8)13/h1-3,11,13H. The highest BCUT2D eigenvalue weighted by molar-refractivity contribution is 6.37. The second kappa shape index (κ2) is 2.92. The van der Waals surface area contributed by atoms with Gasteiger partial charge >= 0.3 is 5.63 Å². The first-order valence-corrected chi connectivity index (χ1v) is 4.11. The minimum Gasteiger partial charge on any atom is -0.504 e. The van der Waals surface area contributed by atoms with Gasteiger partial charge in [0.25, 0.3) is 0 Å². The van der Waals surface area contributed by atoms with Crippen LogP contribution in [0.3, 0.4) is 0 Å². The molecule has 0 saturated carbocycles. The van der Waals surface area contributed by atoms with Gasteiger partial charge in [-0.3, -0.25) is 0 Å². The van der Waals surface area contributed by atoms with Gasteiger partial charge in [0.2, 0.25) is 0 Å². The van der Waals surface area contributed by atoms with E-state index in [1.165, 1.54) is 12.1 Å². The largest absolute Gasteiger partial charge is 0.504 e. The van der Waals surface area contributed by atoms with Crippen molar-refractivity contribution in [3.8, 4) is 11.5 Å². The van der Waals surface area contributed by atoms with Gasteiger partial charge in [-0.25, -0.2) is 4.79 Å². The van der Waals surface area contributed by atoms with Crippen LogP contribution in [0.4, 0.5) is 0 Å². The molecule has 0 aliphatic heterocycles. The normalized spacial score (nSPS) is 10.6. The average Bonchev–Trinajstić information content (AvgIpc) is 2.14. The molecule has 0 fully saturated rings. The summed E-state index contributed by atoms with van der Waals surface area (Å²) in [5.41, 5.74) is -0.406. The molecule has 0 atom stereocenters. The lowest BCUT2D eigenvalue weighted by atomic mass is 10.2. The zero-order chi connectivity index (χ0) is 10.3. The first-order valence-electron chi connectivity index (χ1n) is 3.74. The van der Waals surface area contributed by atoms with Crippen molar-refractivity contribution in [2.24, 2.45) is 0 Å². The maximum atomic E-state index is 10.8. The SMILES string of the molecule is O=c1ccc2c(Cl)c(O)c(O)cc2o1. The maximum absolute atomic E-state index is 10.8. The van der Waals surface area contributed by atoms with E-state index in [1.54, 1.807) is 0 Å². The van der Waals surface area contributed by atoms with Gasteiger partial charge in [0, 0.05) is 17.5 Å². The zero-order valence-electron chi connectivity index (χ0n) is 6.82. The Hall–Kier alpha value is -1.68. The van der Waals surface area contributed by atoms with Crippen molar-refractivity contribution in [3.05, 3.63) is 33.6 Å². The molecule has 1 aromatic heterocycles. The number of phenols is 2. The third-order valence-corrected chi connectivity index (χ3v) is 2.20. The highest BCUT2D eigenvalue weighted by Crippen LogP contribution is 2.38. The summed E-state index contributed by atoms with van der Waals surface area (Å²) in [4.78, 5) is 10.8. The predicted octanol–water partition coefficient (Wildman–Crippen LogP) is 1.86. The first kappa shape index (κ1) is 8.90. The number of aromatic hydroxyl groups is 2. The van der Waals surface area contributed by atoms with E-state index in [1.807, 2.05) is 0 Å². The Bertz CT molecular complexity index is 558. The van der Waals surface area contributed by atoms with E-state index in [4.69, 9.17) is 16.0 Å². The van der Waals surface area contributed by atoms with Gasteiger partial charge in [-0.2, -0.15) is 0 Å². The number of phenolic OH excluding ortho intramolecular Hbond substituents is 2. The number of halogens is 1. The van der Waals surface area contributed by atoms with Crippen LogP contribution in [0, 0.1) is 0 Å². The topological polar surface area (TPSA) is 70.7 Å². The van der Waals surface area contributed by atoms with Crippen LogP contribution in [-0.2, 0) is 0 Å². The van der Waals surface area contributed by atoms with Crippen LogP contribution in [0.25, 0.3) is 11.0 Å². The van der Waals surface area contributed by atoms with E-state index in [0.717, 1.165) is 6.07 Å². The third-order valence-electron chi connectivity index (χ3n) is 1.82. The number of hydrogen-bond donors (Lipinski definition) is 2. The Morgan fingerprint density at radius 3 is 2.71 bits per heavy atom. The highest BCUT2D eigenvalue weighted by Gasteiger charge is 2.11. The molecule has 14 heavy (non-hydrogen) atoms. The van der Waals surface area contributed by atoms with Gasteiger partial charge in [-0.05, 0) is 6.07 Å². The summed E-state index contributed by atoms with van der Waals surface area (Å²) < 4.78 is 4.77. The Kier molecular flexibility index (Phi) is 1.86. The molecule has 0 spiro atoms. The lowest BCUT2D eigenvalue weighted by Gasteiger charge is -2.02. The maximum Gasteiger partial charge on any atom is 0.336 e. The summed E-state index contributed by atoms with van der Waals surface area (Å²) in [5, 5.41) is 18.8. The third kappa shape index (κ3) is 1.20. The van der Waals surface area contributed by atoms with E-state index in [-0.39, 0.29) is 10.6 Å². The molecule has 0 amide bonds. The van der Waals surface area contributed by atoms with Crippen LogP contribution in [0.1, 0.15) is 0 Å². The van der Waals surface area contributed by atoms with Crippen LogP contribution in [0.15, 0.2) is 27.4 Å². The van der Waals surface area contributed by atoms with E-state index in [2.05, 4.69) is 0 Å². The number of rotatable bonds is 0. The molecule has 0 bridgehead atoms. The van der Waals surface area contributed by atoms with Gasteiger partial charge in [-0.1, -0.05) is 11.6 Å².